The molecule has 0 saturated carbocycles. The Hall–Kier alpha value is -0.170. The molecule has 0 spiro atoms. The molecular formula is C13H27N3O2S. The topological polar surface area (TPSA) is 52.6 Å². The first-order valence-electron chi connectivity index (χ1n) is 7.38. The van der Waals surface area contributed by atoms with Gasteiger partial charge in [0.05, 0.1) is 5.25 Å². The van der Waals surface area contributed by atoms with Crippen molar-refractivity contribution in [3.8, 4) is 0 Å². The first kappa shape index (κ1) is 15.2. The molecular weight excluding hydrogens is 262 g/mol. The van der Waals surface area contributed by atoms with Crippen LogP contribution in [0.4, 0.5) is 0 Å². The number of likely N-dealkylation sites (tertiary alicyclic amines) is 1. The van der Waals surface area contributed by atoms with Crippen LogP contribution in [0.25, 0.3) is 0 Å². The van der Waals surface area contributed by atoms with Crippen molar-refractivity contribution in [2.24, 2.45) is 0 Å². The fourth-order valence-electron chi connectivity index (χ4n) is 3.04. The predicted molar refractivity (Wildman–Crippen MR) is 77.7 cm³/mol. The molecule has 0 aromatic rings. The maximum absolute atomic E-state index is 12.5. The van der Waals surface area contributed by atoms with Crippen LogP contribution in [-0.2, 0) is 10.0 Å². The van der Waals surface area contributed by atoms with Crippen LogP contribution in [0.3, 0.4) is 0 Å². The minimum absolute atomic E-state index is 0.197. The summed E-state index contributed by atoms with van der Waals surface area (Å²) in [6, 6.07) is 0.754. The van der Waals surface area contributed by atoms with Crippen molar-refractivity contribution < 1.29 is 8.42 Å². The highest BCUT2D eigenvalue weighted by molar-refractivity contribution is 7.89. The Morgan fingerprint density at radius 1 is 1.16 bits per heavy atom. The van der Waals surface area contributed by atoms with Crippen LogP contribution in [0.2, 0.25) is 0 Å². The third kappa shape index (κ3) is 3.29. The summed E-state index contributed by atoms with van der Waals surface area (Å²) in [5, 5.41) is 2.91. The monoisotopic (exact) mass is 289 g/mol. The van der Waals surface area contributed by atoms with Crippen molar-refractivity contribution in [3.05, 3.63) is 0 Å². The highest BCUT2D eigenvalue weighted by Crippen LogP contribution is 2.23. The van der Waals surface area contributed by atoms with Crippen molar-refractivity contribution >= 4 is 10.0 Å². The summed E-state index contributed by atoms with van der Waals surface area (Å²) in [5.74, 6) is 0. The van der Waals surface area contributed by atoms with Gasteiger partial charge in [0.25, 0.3) is 0 Å². The van der Waals surface area contributed by atoms with E-state index in [9.17, 15) is 8.42 Å². The van der Waals surface area contributed by atoms with E-state index in [0.717, 1.165) is 32.5 Å². The fraction of sp³-hybridized carbons (Fsp3) is 1.00. The lowest BCUT2D eigenvalue weighted by molar-refractivity contribution is 0.133. The molecule has 6 heteroatoms. The molecule has 2 aliphatic rings. The average Bonchev–Trinajstić information content (AvgIpc) is 2.50. The van der Waals surface area contributed by atoms with Gasteiger partial charge in [0.15, 0.2) is 0 Å². The lowest BCUT2D eigenvalue weighted by Gasteiger charge is -2.39. The molecule has 0 bridgehead atoms. The Kier molecular flexibility index (Phi) is 4.87. The van der Waals surface area contributed by atoms with E-state index in [1.165, 1.54) is 0 Å². The maximum Gasteiger partial charge on any atom is 0.218 e. The number of piperidine rings is 1. The molecule has 0 aliphatic carbocycles. The molecule has 1 atom stereocenters. The van der Waals surface area contributed by atoms with Crippen LogP contribution in [0.5, 0.6) is 0 Å². The van der Waals surface area contributed by atoms with Gasteiger partial charge in [-0.1, -0.05) is 0 Å². The first-order chi connectivity index (χ1) is 8.93. The predicted octanol–water partition coefficient (Wildman–Crippen LogP) is 0.483. The molecule has 2 aliphatic heterocycles. The number of hydrogen-bond acceptors (Lipinski definition) is 4. The van der Waals surface area contributed by atoms with E-state index in [-0.39, 0.29) is 11.3 Å². The van der Waals surface area contributed by atoms with Gasteiger partial charge in [-0.05, 0) is 46.7 Å². The van der Waals surface area contributed by atoms with Crippen LogP contribution in [-0.4, -0.2) is 67.7 Å². The number of hydrogen-bond donors (Lipinski definition) is 1. The Morgan fingerprint density at radius 2 is 1.79 bits per heavy atom. The van der Waals surface area contributed by atoms with E-state index in [0.29, 0.717) is 19.1 Å². The second-order valence-electron chi connectivity index (χ2n) is 6.03. The molecule has 112 valence electrons. The molecule has 19 heavy (non-hydrogen) atoms. The summed E-state index contributed by atoms with van der Waals surface area (Å²) in [7, 11) is -3.12. The fourth-order valence-corrected chi connectivity index (χ4v) is 4.80. The summed E-state index contributed by atoms with van der Waals surface area (Å²) in [6.07, 6.45) is 1.92. The molecule has 1 unspecified atom stereocenters. The maximum atomic E-state index is 12.5. The summed E-state index contributed by atoms with van der Waals surface area (Å²) in [5.41, 5.74) is 0. The van der Waals surface area contributed by atoms with Crippen LogP contribution < -0.4 is 5.32 Å². The Labute approximate surface area is 117 Å². The van der Waals surface area contributed by atoms with E-state index >= 15 is 0 Å². The third-order valence-corrected chi connectivity index (χ3v) is 6.73. The van der Waals surface area contributed by atoms with Gasteiger partial charge in [-0.25, -0.2) is 8.42 Å². The lowest BCUT2D eigenvalue weighted by Crippen LogP contribution is -2.50. The van der Waals surface area contributed by atoms with Gasteiger partial charge < -0.3 is 10.2 Å². The summed E-state index contributed by atoms with van der Waals surface area (Å²) >= 11 is 0. The Bertz CT molecular complexity index is 389. The normalized spacial score (nSPS) is 31.5. The average molecular weight is 289 g/mol. The van der Waals surface area contributed by atoms with Crippen LogP contribution >= 0.6 is 0 Å². The quantitative estimate of drug-likeness (QED) is 0.803. The Morgan fingerprint density at radius 3 is 2.37 bits per heavy atom. The number of sulfonamides is 1. The van der Waals surface area contributed by atoms with Crippen LogP contribution in [0.15, 0.2) is 0 Å². The zero-order chi connectivity index (χ0) is 14.0. The van der Waals surface area contributed by atoms with Gasteiger partial charge in [0, 0.05) is 31.7 Å². The molecule has 0 radical (unpaired) electrons. The Balaban J connectivity index is 2.05. The number of nitrogens with zero attached hydrogens (tertiary/aromatic N) is 2. The van der Waals surface area contributed by atoms with E-state index in [1.807, 2.05) is 6.92 Å². The first-order valence-corrected chi connectivity index (χ1v) is 8.88. The smallest absolute Gasteiger partial charge is 0.218 e. The van der Waals surface area contributed by atoms with Crippen molar-refractivity contribution in [2.45, 2.75) is 50.9 Å². The van der Waals surface area contributed by atoms with Gasteiger partial charge in [0.1, 0.15) is 0 Å². The summed E-state index contributed by atoms with van der Waals surface area (Å²) < 4.78 is 26.8. The highest BCUT2D eigenvalue weighted by Gasteiger charge is 2.37. The van der Waals surface area contributed by atoms with Gasteiger partial charge in [-0.3, -0.25) is 0 Å². The van der Waals surface area contributed by atoms with Gasteiger partial charge in [-0.2, -0.15) is 4.31 Å². The molecule has 5 nitrogen and oxygen atoms in total. The number of nitrogens with one attached hydrogen (secondary N) is 1. The number of rotatable bonds is 2. The second-order valence-corrected chi connectivity index (χ2v) is 8.33. The van der Waals surface area contributed by atoms with Gasteiger partial charge >= 0.3 is 0 Å². The molecule has 2 heterocycles. The standard InChI is InChI=1S/C13H27N3O2S/c1-11(2)15-7-4-13(5-8-15)16-9-6-14-10-12(3)19(16,17)18/h11-14H,4-10H2,1-3H3. The second kappa shape index (κ2) is 6.08. The van der Waals surface area contributed by atoms with Crippen LogP contribution in [0, 0.1) is 0 Å². The molecule has 2 rings (SSSR count). The lowest BCUT2D eigenvalue weighted by atomic mass is 10.0. The van der Waals surface area contributed by atoms with Crippen molar-refractivity contribution in [3.63, 3.8) is 0 Å². The molecule has 0 aromatic carbocycles. The van der Waals surface area contributed by atoms with E-state index < -0.39 is 10.0 Å². The molecule has 2 fully saturated rings. The summed E-state index contributed by atoms with van der Waals surface area (Å²) in [4.78, 5) is 2.43. The van der Waals surface area contributed by atoms with E-state index in [4.69, 9.17) is 0 Å². The van der Waals surface area contributed by atoms with Gasteiger partial charge in [0.2, 0.25) is 10.0 Å². The minimum Gasteiger partial charge on any atom is -0.314 e. The third-order valence-electron chi connectivity index (χ3n) is 4.41. The van der Waals surface area contributed by atoms with E-state index in [2.05, 4.69) is 24.1 Å². The van der Waals surface area contributed by atoms with Gasteiger partial charge in [-0.15, -0.1) is 0 Å². The zero-order valence-corrected chi connectivity index (χ0v) is 13.1. The van der Waals surface area contributed by atoms with Crippen molar-refractivity contribution in [1.29, 1.82) is 0 Å². The molecule has 0 aromatic heterocycles. The zero-order valence-electron chi connectivity index (χ0n) is 12.3. The molecule has 1 N–H and O–H groups in total. The summed E-state index contributed by atoms with van der Waals surface area (Å²) in [6.45, 7) is 10.2. The highest BCUT2D eigenvalue weighted by atomic mass is 32.2. The van der Waals surface area contributed by atoms with Crippen LogP contribution in [0.1, 0.15) is 33.6 Å². The van der Waals surface area contributed by atoms with E-state index in [1.54, 1.807) is 4.31 Å². The largest absolute Gasteiger partial charge is 0.314 e. The van der Waals surface area contributed by atoms with Crippen molar-refractivity contribution in [1.82, 2.24) is 14.5 Å². The molecule has 0 amide bonds. The van der Waals surface area contributed by atoms with Crippen molar-refractivity contribution in [2.75, 3.05) is 32.7 Å². The SMILES string of the molecule is CC(C)N1CCC(N2CCNCC(C)S2(=O)=O)CC1. The molecule has 2 saturated heterocycles. The minimum atomic E-state index is -3.12.